The number of hydrogen-bond acceptors (Lipinski definition) is 6. The molecule has 3 aromatic rings. The monoisotopic (exact) mass is 398 g/mol. The summed E-state index contributed by atoms with van der Waals surface area (Å²) in [4.78, 5) is 20.7. The first-order valence-corrected chi connectivity index (χ1v) is 10.9. The third-order valence-corrected chi connectivity index (χ3v) is 6.62. The van der Waals surface area contributed by atoms with E-state index in [4.69, 9.17) is 5.73 Å². The number of nitrogens with zero attached hydrogens (tertiary/aromatic N) is 2. The minimum atomic E-state index is -0.173. The zero-order chi connectivity index (χ0) is 18.6. The molecule has 1 amide bonds. The lowest BCUT2D eigenvalue weighted by Crippen LogP contribution is -2.27. The molecule has 0 saturated carbocycles. The summed E-state index contributed by atoms with van der Waals surface area (Å²) in [6.07, 6.45) is 3.09. The Hall–Kier alpha value is -2.22. The summed E-state index contributed by atoms with van der Waals surface area (Å²) in [7, 11) is 0. The molecule has 5 nitrogen and oxygen atoms in total. The van der Waals surface area contributed by atoms with Crippen LogP contribution in [0.3, 0.4) is 0 Å². The molecule has 1 aliphatic rings. The van der Waals surface area contributed by atoms with Crippen LogP contribution in [0.1, 0.15) is 29.8 Å². The van der Waals surface area contributed by atoms with Gasteiger partial charge in [-0.05, 0) is 42.8 Å². The predicted molar refractivity (Wildman–Crippen MR) is 114 cm³/mol. The van der Waals surface area contributed by atoms with Gasteiger partial charge in [0.2, 0.25) is 0 Å². The molecule has 1 saturated heterocycles. The maximum Gasteiger partial charge on any atom is 0.275 e. The molecular formula is C20H22N4OS2. The average molecular weight is 399 g/mol. The first-order valence-electron chi connectivity index (χ1n) is 9.11. The molecule has 0 bridgehead atoms. The SMILES string of the molecule is NC1CCCN(c2ccccc2NC(=O)c2csc(-c3cccs3)n2)CC1. The highest BCUT2D eigenvalue weighted by atomic mass is 32.1. The predicted octanol–water partition coefficient (Wildman–Crippen LogP) is 4.44. The third kappa shape index (κ3) is 4.21. The molecule has 7 heteroatoms. The van der Waals surface area contributed by atoms with E-state index in [0.29, 0.717) is 5.69 Å². The Morgan fingerprint density at radius 3 is 2.89 bits per heavy atom. The average Bonchev–Trinajstić information content (AvgIpc) is 3.33. The molecule has 3 heterocycles. The van der Waals surface area contributed by atoms with Crippen molar-refractivity contribution >= 4 is 40.0 Å². The Labute approximate surface area is 166 Å². The van der Waals surface area contributed by atoms with Crippen LogP contribution in [0.2, 0.25) is 0 Å². The lowest BCUT2D eigenvalue weighted by molar-refractivity contribution is 0.102. The number of thiazole rings is 1. The molecule has 4 rings (SSSR count). The van der Waals surface area contributed by atoms with Gasteiger partial charge in [0, 0.05) is 24.5 Å². The lowest BCUT2D eigenvalue weighted by Gasteiger charge is -2.25. The summed E-state index contributed by atoms with van der Waals surface area (Å²) in [6.45, 7) is 1.87. The van der Waals surface area contributed by atoms with Crippen molar-refractivity contribution in [2.75, 3.05) is 23.3 Å². The van der Waals surface area contributed by atoms with Crippen molar-refractivity contribution in [1.29, 1.82) is 0 Å². The van der Waals surface area contributed by atoms with Crippen molar-refractivity contribution in [3.63, 3.8) is 0 Å². The number of rotatable bonds is 4. The summed E-state index contributed by atoms with van der Waals surface area (Å²) in [5, 5.41) is 7.76. The minimum absolute atomic E-state index is 0.173. The van der Waals surface area contributed by atoms with E-state index >= 15 is 0 Å². The van der Waals surface area contributed by atoms with E-state index in [9.17, 15) is 4.79 Å². The van der Waals surface area contributed by atoms with E-state index in [0.717, 1.165) is 53.6 Å². The van der Waals surface area contributed by atoms with Gasteiger partial charge in [0.25, 0.3) is 5.91 Å². The number of anilines is 2. The number of carbonyl (C=O) groups excluding carboxylic acids is 1. The third-order valence-electron chi connectivity index (χ3n) is 4.73. The summed E-state index contributed by atoms with van der Waals surface area (Å²) < 4.78 is 0. The number of benzene rings is 1. The molecule has 27 heavy (non-hydrogen) atoms. The van der Waals surface area contributed by atoms with Crippen molar-refractivity contribution in [2.45, 2.75) is 25.3 Å². The van der Waals surface area contributed by atoms with Crippen molar-refractivity contribution < 1.29 is 4.79 Å². The van der Waals surface area contributed by atoms with Crippen LogP contribution in [0.5, 0.6) is 0 Å². The van der Waals surface area contributed by atoms with Crippen LogP contribution in [0.25, 0.3) is 9.88 Å². The zero-order valence-corrected chi connectivity index (χ0v) is 16.6. The fourth-order valence-corrected chi connectivity index (χ4v) is 4.91. The van der Waals surface area contributed by atoms with Gasteiger partial charge in [-0.3, -0.25) is 4.79 Å². The molecular weight excluding hydrogens is 376 g/mol. The number of nitrogens with two attached hydrogens (primary N) is 1. The van der Waals surface area contributed by atoms with Crippen LogP contribution in [0.4, 0.5) is 11.4 Å². The second-order valence-electron chi connectivity index (χ2n) is 6.66. The van der Waals surface area contributed by atoms with Crippen LogP contribution >= 0.6 is 22.7 Å². The van der Waals surface area contributed by atoms with Crippen LogP contribution in [-0.2, 0) is 0 Å². The van der Waals surface area contributed by atoms with Crippen molar-refractivity contribution in [2.24, 2.45) is 5.73 Å². The van der Waals surface area contributed by atoms with Crippen molar-refractivity contribution in [3.05, 3.63) is 52.9 Å². The summed E-state index contributed by atoms with van der Waals surface area (Å²) in [6, 6.07) is 12.2. The van der Waals surface area contributed by atoms with Crippen LogP contribution < -0.4 is 16.0 Å². The van der Waals surface area contributed by atoms with E-state index in [1.54, 1.807) is 11.3 Å². The number of thiophene rings is 1. The highest BCUT2D eigenvalue weighted by Crippen LogP contribution is 2.30. The fraction of sp³-hybridized carbons (Fsp3) is 0.300. The largest absolute Gasteiger partial charge is 0.370 e. The number of hydrogen-bond donors (Lipinski definition) is 2. The molecule has 0 radical (unpaired) electrons. The van der Waals surface area contributed by atoms with E-state index in [2.05, 4.69) is 21.3 Å². The second kappa shape index (κ2) is 8.21. The smallest absolute Gasteiger partial charge is 0.275 e. The molecule has 1 aromatic carbocycles. The Bertz CT molecular complexity index is 906. The summed E-state index contributed by atoms with van der Waals surface area (Å²) in [5.41, 5.74) is 8.44. The van der Waals surface area contributed by atoms with E-state index in [-0.39, 0.29) is 11.9 Å². The molecule has 2 aromatic heterocycles. The number of amides is 1. The topological polar surface area (TPSA) is 71.2 Å². The molecule has 1 aliphatic heterocycles. The summed E-state index contributed by atoms with van der Waals surface area (Å²) >= 11 is 3.12. The standard InChI is InChI=1S/C20H22N4OS2/c21-14-5-3-10-24(11-9-14)17-7-2-1-6-15(17)22-19(25)16-13-27-20(23-16)18-8-4-12-26-18/h1-2,4,6-8,12-14H,3,5,9-11,21H2,(H,22,25). The second-order valence-corrected chi connectivity index (χ2v) is 8.47. The maximum atomic E-state index is 12.7. The number of para-hydroxylation sites is 2. The molecule has 3 N–H and O–H groups in total. The highest BCUT2D eigenvalue weighted by Gasteiger charge is 2.19. The van der Waals surface area contributed by atoms with Crippen molar-refractivity contribution in [1.82, 2.24) is 4.98 Å². The molecule has 1 unspecified atom stereocenters. The van der Waals surface area contributed by atoms with Gasteiger partial charge < -0.3 is 16.0 Å². The number of aromatic nitrogens is 1. The van der Waals surface area contributed by atoms with E-state index in [1.807, 2.05) is 41.1 Å². The highest BCUT2D eigenvalue weighted by molar-refractivity contribution is 7.20. The Kier molecular flexibility index (Phi) is 5.52. The van der Waals surface area contributed by atoms with E-state index < -0.39 is 0 Å². The Morgan fingerprint density at radius 2 is 2.04 bits per heavy atom. The number of carbonyl (C=O) groups is 1. The molecule has 0 spiro atoms. The maximum absolute atomic E-state index is 12.7. The van der Waals surface area contributed by atoms with Gasteiger partial charge >= 0.3 is 0 Å². The summed E-state index contributed by atoms with van der Waals surface area (Å²) in [5.74, 6) is -0.173. The van der Waals surface area contributed by atoms with Gasteiger partial charge in [-0.1, -0.05) is 18.2 Å². The van der Waals surface area contributed by atoms with Crippen LogP contribution in [-0.4, -0.2) is 30.0 Å². The fourth-order valence-electron chi connectivity index (χ4n) is 3.30. The molecule has 1 atom stereocenters. The first kappa shape index (κ1) is 18.2. The first-order chi connectivity index (χ1) is 13.2. The quantitative estimate of drug-likeness (QED) is 0.681. The van der Waals surface area contributed by atoms with Crippen LogP contribution in [0, 0.1) is 0 Å². The molecule has 0 aliphatic carbocycles. The lowest BCUT2D eigenvalue weighted by atomic mass is 10.1. The van der Waals surface area contributed by atoms with Gasteiger partial charge in [-0.15, -0.1) is 22.7 Å². The number of nitrogens with one attached hydrogen (secondary N) is 1. The Balaban J connectivity index is 1.52. The van der Waals surface area contributed by atoms with Gasteiger partial charge in [0.1, 0.15) is 10.7 Å². The zero-order valence-electron chi connectivity index (χ0n) is 14.9. The van der Waals surface area contributed by atoms with Gasteiger partial charge in [-0.25, -0.2) is 4.98 Å². The molecule has 140 valence electrons. The minimum Gasteiger partial charge on any atom is -0.370 e. The normalized spacial score (nSPS) is 17.5. The van der Waals surface area contributed by atoms with E-state index in [1.165, 1.54) is 11.3 Å². The molecule has 1 fully saturated rings. The van der Waals surface area contributed by atoms with Crippen LogP contribution in [0.15, 0.2) is 47.2 Å². The van der Waals surface area contributed by atoms with Gasteiger partial charge in [-0.2, -0.15) is 0 Å². The Morgan fingerprint density at radius 1 is 1.15 bits per heavy atom. The van der Waals surface area contributed by atoms with Gasteiger partial charge in [0.15, 0.2) is 0 Å². The van der Waals surface area contributed by atoms with Crippen molar-refractivity contribution in [3.8, 4) is 9.88 Å². The van der Waals surface area contributed by atoms with Gasteiger partial charge in [0.05, 0.1) is 16.3 Å².